The first-order valence-corrected chi connectivity index (χ1v) is 6.76. The van der Waals surface area contributed by atoms with Crippen molar-refractivity contribution in [2.75, 3.05) is 13.1 Å². The molecule has 0 amide bonds. The van der Waals surface area contributed by atoms with Gasteiger partial charge >= 0.3 is 0 Å². The van der Waals surface area contributed by atoms with E-state index in [2.05, 4.69) is 19.2 Å². The Kier molecular flexibility index (Phi) is 4.24. The van der Waals surface area contributed by atoms with Gasteiger partial charge in [-0.2, -0.15) is 0 Å². The molecule has 2 rings (SSSR count). The highest BCUT2D eigenvalue weighted by Gasteiger charge is 2.28. The Morgan fingerprint density at radius 3 is 2.76 bits per heavy atom. The monoisotopic (exact) mass is 236 g/mol. The molecule has 96 valence electrons. The first-order chi connectivity index (χ1) is 8.24. The zero-order valence-corrected chi connectivity index (χ0v) is 10.9. The van der Waals surface area contributed by atoms with E-state index in [0.29, 0.717) is 6.54 Å². The Morgan fingerprint density at radius 2 is 2.24 bits per heavy atom. The minimum atomic E-state index is 0.163. The zero-order valence-electron chi connectivity index (χ0n) is 10.9. The van der Waals surface area contributed by atoms with E-state index in [1.807, 2.05) is 12.1 Å². The molecular formula is C14H24N2O. The van der Waals surface area contributed by atoms with Gasteiger partial charge in [0.05, 0.1) is 6.04 Å². The van der Waals surface area contributed by atoms with Crippen LogP contribution in [0.1, 0.15) is 44.3 Å². The minimum Gasteiger partial charge on any atom is -0.464 e. The molecular weight excluding hydrogens is 212 g/mol. The van der Waals surface area contributed by atoms with Crippen molar-refractivity contribution in [2.24, 2.45) is 17.6 Å². The third-order valence-corrected chi connectivity index (χ3v) is 3.72. The molecule has 2 atom stereocenters. The maximum absolute atomic E-state index is 5.81. The number of rotatable bonds is 7. The van der Waals surface area contributed by atoms with Crippen LogP contribution >= 0.6 is 0 Å². The average Bonchev–Trinajstić information content (AvgIpc) is 3.09. The van der Waals surface area contributed by atoms with Crippen molar-refractivity contribution >= 4 is 0 Å². The van der Waals surface area contributed by atoms with Crippen molar-refractivity contribution in [1.29, 1.82) is 0 Å². The topological polar surface area (TPSA) is 51.2 Å². The van der Waals surface area contributed by atoms with Crippen LogP contribution in [0.15, 0.2) is 16.5 Å². The van der Waals surface area contributed by atoms with Gasteiger partial charge in [-0.15, -0.1) is 0 Å². The van der Waals surface area contributed by atoms with Crippen molar-refractivity contribution in [3.8, 4) is 0 Å². The van der Waals surface area contributed by atoms with Crippen molar-refractivity contribution in [2.45, 2.75) is 39.2 Å². The van der Waals surface area contributed by atoms with Gasteiger partial charge in [0.2, 0.25) is 0 Å². The fraction of sp³-hybridized carbons (Fsp3) is 0.714. The lowest BCUT2D eigenvalue weighted by Crippen LogP contribution is -2.31. The molecule has 0 aliphatic heterocycles. The van der Waals surface area contributed by atoms with Crippen LogP contribution in [0.25, 0.3) is 0 Å². The molecule has 3 heteroatoms. The Hall–Kier alpha value is -0.800. The number of furan rings is 1. The van der Waals surface area contributed by atoms with Gasteiger partial charge in [-0.05, 0) is 43.4 Å². The largest absolute Gasteiger partial charge is 0.464 e. The maximum atomic E-state index is 5.81. The van der Waals surface area contributed by atoms with Crippen LogP contribution in [0.4, 0.5) is 0 Å². The fourth-order valence-electron chi connectivity index (χ4n) is 2.23. The molecule has 0 aromatic carbocycles. The molecule has 0 spiro atoms. The van der Waals surface area contributed by atoms with Crippen molar-refractivity contribution in [3.63, 3.8) is 0 Å². The summed E-state index contributed by atoms with van der Waals surface area (Å²) in [5.41, 5.74) is 5.81. The number of nitrogens with two attached hydrogens (primary N) is 1. The van der Waals surface area contributed by atoms with E-state index in [0.717, 1.165) is 36.3 Å². The minimum absolute atomic E-state index is 0.163. The highest BCUT2D eigenvalue weighted by Crippen LogP contribution is 2.36. The van der Waals surface area contributed by atoms with E-state index in [1.54, 1.807) is 0 Å². The molecule has 1 saturated carbocycles. The van der Waals surface area contributed by atoms with Crippen LogP contribution in [0, 0.1) is 11.8 Å². The summed E-state index contributed by atoms with van der Waals surface area (Å²) < 4.78 is 5.75. The molecule has 1 fully saturated rings. The first kappa shape index (κ1) is 12.7. The Balaban J connectivity index is 1.86. The Morgan fingerprint density at radius 1 is 1.47 bits per heavy atom. The second-order valence-corrected chi connectivity index (χ2v) is 5.17. The third-order valence-electron chi connectivity index (χ3n) is 3.72. The van der Waals surface area contributed by atoms with Gasteiger partial charge in [-0.25, -0.2) is 0 Å². The molecule has 0 radical (unpaired) electrons. The molecule has 17 heavy (non-hydrogen) atoms. The molecule has 3 nitrogen and oxygen atoms in total. The Bertz CT molecular complexity index is 344. The molecule has 1 aliphatic carbocycles. The highest BCUT2D eigenvalue weighted by atomic mass is 16.3. The van der Waals surface area contributed by atoms with Crippen molar-refractivity contribution < 1.29 is 4.42 Å². The van der Waals surface area contributed by atoms with E-state index in [1.165, 1.54) is 12.8 Å². The van der Waals surface area contributed by atoms with E-state index in [9.17, 15) is 0 Å². The van der Waals surface area contributed by atoms with E-state index in [-0.39, 0.29) is 6.04 Å². The average molecular weight is 236 g/mol. The predicted molar refractivity (Wildman–Crippen MR) is 69.8 cm³/mol. The van der Waals surface area contributed by atoms with Crippen LogP contribution in [-0.2, 0) is 6.42 Å². The normalized spacial score (nSPS) is 19.2. The number of aryl methyl sites for hydroxylation is 1. The Labute approximate surface area is 104 Å². The number of hydrogen-bond donors (Lipinski definition) is 2. The van der Waals surface area contributed by atoms with Gasteiger partial charge in [0.15, 0.2) is 0 Å². The summed E-state index contributed by atoms with van der Waals surface area (Å²) >= 11 is 0. The van der Waals surface area contributed by atoms with Gasteiger partial charge < -0.3 is 15.5 Å². The summed E-state index contributed by atoms with van der Waals surface area (Å²) in [4.78, 5) is 0. The molecule has 2 unspecified atom stereocenters. The lowest BCUT2D eigenvalue weighted by molar-refractivity contribution is 0.366. The highest BCUT2D eigenvalue weighted by molar-refractivity contribution is 5.11. The smallest absolute Gasteiger partial charge is 0.122 e. The van der Waals surface area contributed by atoms with Gasteiger partial charge in [-0.3, -0.25) is 0 Å². The second-order valence-electron chi connectivity index (χ2n) is 5.17. The standard InChI is InChI=1S/C14H24N2O/c1-3-12-6-7-14(17-12)13(8-15)16-9-10(2)11-4-5-11/h6-7,10-11,13,16H,3-5,8-9,15H2,1-2H3. The molecule has 1 aromatic heterocycles. The second kappa shape index (κ2) is 5.69. The molecule has 0 bridgehead atoms. The molecule has 1 aromatic rings. The fourth-order valence-corrected chi connectivity index (χ4v) is 2.23. The van der Waals surface area contributed by atoms with E-state index < -0.39 is 0 Å². The van der Waals surface area contributed by atoms with Crippen molar-refractivity contribution in [3.05, 3.63) is 23.7 Å². The van der Waals surface area contributed by atoms with Crippen molar-refractivity contribution in [1.82, 2.24) is 5.32 Å². The van der Waals surface area contributed by atoms with Crippen LogP contribution in [-0.4, -0.2) is 13.1 Å². The van der Waals surface area contributed by atoms with Crippen LogP contribution in [0.5, 0.6) is 0 Å². The summed E-state index contributed by atoms with van der Waals surface area (Å²) in [6, 6.07) is 4.26. The van der Waals surface area contributed by atoms with Gasteiger partial charge in [-0.1, -0.05) is 13.8 Å². The van der Waals surface area contributed by atoms with E-state index in [4.69, 9.17) is 10.2 Å². The molecule has 0 saturated heterocycles. The molecule has 3 N–H and O–H groups in total. The van der Waals surface area contributed by atoms with E-state index >= 15 is 0 Å². The predicted octanol–water partition coefficient (Wildman–Crippen LogP) is 2.48. The molecule has 1 heterocycles. The third kappa shape index (κ3) is 3.33. The lowest BCUT2D eigenvalue weighted by atomic mass is 10.1. The van der Waals surface area contributed by atoms with Gasteiger partial charge in [0, 0.05) is 13.0 Å². The lowest BCUT2D eigenvalue weighted by Gasteiger charge is -2.18. The molecule has 1 aliphatic rings. The summed E-state index contributed by atoms with van der Waals surface area (Å²) in [5.74, 6) is 3.70. The number of nitrogens with one attached hydrogen (secondary N) is 1. The maximum Gasteiger partial charge on any atom is 0.122 e. The van der Waals surface area contributed by atoms with Crippen LogP contribution in [0.3, 0.4) is 0 Å². The summed E-state index contributed by atoms with van der Waals surface area (Å²) in [5, 5.41) is 3.53. The summed E-state index contributed by atoms with van der Waals surface area (Å²) in [6.45, 7) is 6.04. The number of hydrogen-bond acceptors (Lipinski definition) is 3. The first-order valence-electron chi connectivity index (χ1n) is 6.76. The van der Waals surface area contributed by atoms with Gasteiger partial charge in [0.1, 0.15) is 11.5 Å². The SMILES string of the molecule is CCc1ccc(C(CN)NCC(C)C2CC2)o1. The summed E-state index contributed by atoms with van der Waals surface area (Å²) in [7, 11) is 0. The quantitative estimate of drug-likeness (QED) is 0.764. The van der Waals surface area contributed by atoms with Crippen LogP contribution < -0.4 is 11.1 Å². The summed E-state index contributed by atoms with van der Waals surface area (Å²) in [6.07, 6.45) is 3.74. The zero-order chi connectivity index (χ0) is 12.3. The van der Waals surface area contributed by atoms with Crippen LogP contribution in [0.2, 0.25) is 0 Å². The van der Waals surface area contributed by atoms with Gasteiger partial charge in [0.25, 0.3) is 0 Å².